The number of nitrogens with one attached hydrogen (secondary N) is 2. The Morgan fingerprint density at radius 2 is 1.17 bits per heavy atom. The van der Waals surface area contributed by atoms with E-state index in [9.17, 15) is 9.59 Å². The summed E-state index contributed by atoms with van der Waals surface area (Å²) in [5.74, 6) is -0.277. The van der Waals surface area contributed by atoms with Gasteiger partial charge in [0.25, 0.3) is 0 Å². The second-order valence-corrected chi connectivity index (χ2v) is 6.70. The molecule has 1 aliphatic carbocycles. The van der Waals surface area contributed by atoms with Crippen molar-refractivity contribution in [3.05, 3.63) is 0 Å². The van der Waals surface area contributed by atoms with Gasteiger partial charge in [0, 0.05) is 24.2 Å². The third kappa shape index (κ3) is 8.64. The van der Waals surface area contributed by atoms with Crippen molar-refractivity contribution in [3.8, 4) is 0 Å². The first-order valence-electron chi connectivity index (χ1n) is 9.27. The van der Waals surface area contributed by atoms with Crippen LogP contribution in [0, 0.1) is 0 Å². The van der Waals surface area contributed by atoms with Crippen LogP contribution in [0.5, 0.6) is 0 Å². The molecule has 0 aromatic rings. The number of carbonyl (C=O) groups excluding carboxylic acids is 2. The van der Waals surface area contributed by atoms with Crippen LogP contribution < -0.4 is 10.6 Å². The second-order valence-electron chi connectivity index (χ2n) is 6.70. The SMILES string of the molecule is CCOC(=O)CC(C)NC1CCC(NC(C)CC(=O)OCC)CC1. The molecule has 1 fully saturated rings. The molecule has 0 amide bonds. The van der Waals surface area contributed by atoms with Crippen LogP contribution in [-0.2, 0) is 19.1 Å². The summed E-state index contributed by atoms with van der Waals surface area (Å²) in [4.78, 5) is 23.0. The Morgan fingerprint density at radius 3 is 1.46 bits per heavy atom. The van der Waals surface area contributed by atoms with Crippen molar-refractivity contribution in [2.75, 3.05) is 13.2 Å². The van der Waals surface area contributed by atoms with Gasteiger partial charge in [-0.05, 0) is 53.4 Å². The summed E-state index contributed by atoms with van der Waals surface area (Å²) in [5, 5.41) is 7.06. The van der Waals surface area contributed by atoms with Gasteiger partial charge in [-0.25, -0.2) is 0 Å². The average Bonchev–Trinajstić information content (AvgIpc) is 2.49. The Morgan fingerprint density at radius 1 is 0.833 bits per heavy atom. The lowest BCUT2D eigenvalue weighted by molar-refractivity contribution is -0.144. The van der Waals surface area contributed by atoms with E-state index in [0.717, 1.165) is 25.7 Å². The highest BCUT2D eigenvalue weighted by Gasteiger charge is 2.24. The number of hydrogen-bond acceptors (Lipinski definition) is 6. The van der Waals surface area contributed by atoms with E-state index in [1.165, 1.54) is 0 Å². The molecule has 6 heteroatoms. The Bertz CT molecular complexity index is 345. The summed E-state index contributed by atoms with van der Waals surface area (Å²) in [5.41, 5.74) is 0. The maximum absolute atomic E-state index is 11.5. The molecule has 0 aliphatic heterocycles. The first kappa shape index (κ1) is 20.9. The first-order valence-corrected chi connectivity index (χ1v) is 9.27. The molecular formula is C18H34N2O4. The fourth-order valence-electron chi connectivity index (χ4n) is 3.29. The average molecular weight is 342 g/mol. The van der Waals surface area contributed by atoms with E-state index in [2.05, 4.69) is 10.6 Å². The van der Waals surface area contributed by atoms with Crippen molar-refractivity contribution < 1.29 is 19.1 Å². The van der Waals surface area contributed by atoms with Crippen LogP contribution in [0.25, 0.3) is 0 Å². The van der Waals surface area contributed by atoms with Gasteiger partial charge in [-0.15, -0.1) is 0 Å². The predicted octanol–water partition coefficient (Wildman–Crippen LogP) is 2.16. The normalized spacial score (nSPS) is 23.3. The lowest BCUT2D eigenvalue weighted by Crippen LogP contribution is -2.45. The van der Waals surface area contributed by atoms with Crippen LogP contribution in [0.3, 0.4) is 0 Å². The number of rotatable bonds is 10. The summed E-state index contributed by atoms with van der Waals surface area (Å²) >= 11 is 0. The van der Waals surface area contributed by atoms with E-state index in [4.69, 9.17) is 9.47 Å². The fraction of sp³-hybridized carbons (Fsp3) is 0.889. The van der Waals surface area contributed by atoms with Crippen LogP contribution in [0.1, 0.15) is 66.2 Å². The van der Waals surface area contributed by atoms with Crippen molar-refractivity contribution in [3.63, 3.8) is 0 Å². The van der Waals surface area contributed by atoms with Crippen molar-refractivity contribution in [2.24, 2.45) is 0 Å². The molecule has 0 aromatic carbocycles. The third-order valence-electron chi connectivity index (χ3n) is 4.32. The minimum atomic E-state index is -0.138. The fourth-order valence-corrected chi connectivity index (χ4v) is 3.29. The zero-order chi connectivity index (χ0) is 17.9. The molecular weight excluding hydrogens is 308 g/mol. The molecule has 0 radical (unpaired) electrons. The molecule has 0 saturated heterocycles. The van der Waals surface area contributed by atoms with Gasteiger partial charge in [-0.1, -0.05) is 0 Å². The highest BCUT2D eigenvalue weighted by atomic mass is 16.5. The van der Waals surface area contributed by atoms with Crippen molar-refractivity contribution in [1.29, 1.82) is 0 Å². The number of hydrogen-bond donors (Lipinski definition) is 2. The van der Waals surface area contributed by atoms with Crippen LogP contribution in [-0.4, -0.2) is 49.3 Å². The quantitative estimate of drug-likeness (QED) is 0.593. The molecule has 6 nitrogen and oxygen atoms in total. The zero-order valence-electron chi connectivity index (χ0n) is 15.6. The zero-order valence-corrected chi connectivity index (χ0v) is 15.6. The van der Waals surface area contributed by atoms with Gasteiger partial charge in [0.2, 0.25) is 0 Å². The third-order valence-corrected chi connectivity index (χ3v) is 4.32. The largest absolute Gasteiger partial charge is 0.466 e. The summed E-state index contributed by atoms with van der Waals surface area (Å²) in [6, 6.07) is 1.18. The van der Waals surface area contributed by atoms with E-state index < -0.39 is 0 Å². The Labute approximate surface area is 146 Å². The monoisotopic (exact) mass is 342 g/mol. The van der Waals surface area contributed by atoms with Crippen LogP contribution in [0.4, 0.5) is 0 Å². The van der Waals surface area contributed by atoms with Gasteiger partial charge in [-0.2, -0.15) is 0 Å². The van der Waals surface area contributed by atoms with Crippen LogP contribution in [0.15, 0.2) is 0 Å². The molecule has 0 aromatic heterocycles. The molecule has 24 heavy (non-hydrogen) atoms. The van der Waals surface area contributed by atoms with E-state index >= 15 is 0 Å². The molecule has 0 heterocycles. The van der Waals surface area contributed by atoms with Gasteiger partial charge in [0.15, 0.2) is 0 Å². The van der Waals surface area contributed by atoms with Gasteiger partial charge < -0.3 is 20.1 Å². The lowest BCUT2D eigenvalue weighted by Gasteiger charge is -2.33. The Balaban J connectivity index is 2.21. The molecule has 2 unspecified atom stereocenters. The standard InChI is InChI=1S/C18H34N2O4/c1-5-23-17(21)11-13(3)19-15-7-9-16(10-8-15)20-14(4)12-18(22)24-6-2/h13-16,19-20H,5-12H2,1-4H3. The first-order chi connectivity index (χ1) is 11.4. The summed E-state index contributed by atoms with van der Waals surface area (Å²) in [7, 11) is 0. The number of carbonyl (C=O) groups is 2. The van der Waals surface area contributed by atoms with Crippen molar-refractivity contribution in [2.45, 2.75) is 90.4 Å². The Hall–Kier alpha value is -1.14. The summed E-state index contributed by atoms with van der Waals surface area (Å²) in [6.45, 7) is 8.59. The number of esters is 2. The molecule has 1 saturated carbocycles. The molecule has 1 aliphatic rings. The molecule has 1 rings (SSSR count). The van der Waals surface area contributed by atoms with E-state index in [0.29, 0.717) is 38.1 Å². The highest BCUT2D eigenvalue weighted by Crippen LogP contribution is 2.20. The molecule has 140 valence electrons. The van der Waals surface area contributed by atoms with Gasteiger partial charge in [0.05, 0.1) is 26.1 Å². The van der Waals surface area contributed by atoms with Crippen LogP contribution >= 0.6 is 0 Å². The van der Waals surface area contributed by atoms with Crippen molar-refractivity contribution in [1.82, 2.24) is 10.6 Å². The lowest BCUT2D eigenvalue weighted by atomic mass is 9.90. The summed E-state index contributed by atoms with van der Waals surface area (Å²) in [6.07, 6.45) is 5.16. The van der Waals surface area contributed by atoms with Crippen LogP contribution in [0.2, 0.25) is 0 Å². The number of ether oxygens (including phenoxy) is 2. The second kappa shape index (κ2) is 11.4. The van der Waals surface area contributed by atoms with Gasteiger partial charge >= 0.3 is 11.9 Å². The molecule has 0 bridgehead atoms. The molecule has 2 atom stereocenters. The van der Waals surface area contributed by atoms with E-state index in [1.807, 2.05) is 27.7 Å². The maximum Gasteiger partial charge on any atom is 0.307 e. The molecule has 0 spiro atoms. The smallest absolute Gasteiger partial charge is 0.307 e. The van der Waals surface area contributed by atoms with Crippen molar-refractivity contribution >= 4 is 11.9 Å². The summed E-state index contributed by atoms with van der Waals surface area (Å²) < 4.78 is 9.97. The maximum atomic E-state index is 11.5. The minimum absolute atomic E-state index is 0.138. The van der Waals surface area contributed by atoms with Gasteiger partial charge in [-0.3, -0.25) is 9.59 Å². The van der Waals surface area contributed by atoms with E-state index in [-0.39, 0.29) is 24.0 Å². The Kier molecular flexibility index (Phi) is 9.95. The van der Waals surface area contributed by atoms with E-state index in [1.54, 1.807) is 0 Å². The molecule has 2 N–H and O–H groups in total. The predicted molar refractivity (Wildman–Crippen MR) is 93.7 cm³/mol. The highest BCUT2D eigenvalue weighted by molar-refractivity contribution is 5.70. The topological polar surface area (TPSA) is 76.7 Å². The minimum Gasteiger partial charge on any atom is -0.466 e. The van der Waals surface area contributed by atoms with Gasteiger partial charge in [0.1, 0.15) is 0 Å².